The Morgan fingerprint density at radius 2 is 1.71 bits per heavy atom. The zero-order chi connectivity index (χ0) is 17.7. The molecule has 2 rings (SSSR count). The molecule has 1 aromatic heterocycles. The van der Waals surface area contributed by atoms with E-state index in [0.29, 0.717) is 24.5 Å². The van der Waals surface area contributed by atoms with Crippen LogP contribution in [0.2, 0.25) is 0 Å². The van der Waals surface area contributed by atoms with Crippen molar-refractivity contribution in [3.8, 4) is 0 Å². The Morgan fingerprint density at radius 1 is 1.08 bits per heavy atom. The summed E-state index contributed by atoms with van der Waals surface area (Å²) in [5.74, 6) is 0.537. The summed E-state index contributed by atoms with van der Waals surface area (Å²) in [6.45, 7) is 5.95. The van der Waals surface area contributed by atoms with Crippen molar-refractivity contribution in [2.24, 2.45) is 0 Å². The molecular formula is C17H21N3O3S. The van der Waals surface area contributed by atoms with Gasteiger partial charge in [-0.1, -0.05) is 13.8 Å². The van der Waals surface area contributed by atoms with Gasteiger partial charge in [0.15, 0.2) is 5.78 Å². The summed E-state index contributed by atoms with van der Waals surface area (Å²) >= 11 is 0. The minimum Gasteiger partial charge on any atom is -0.340 e. The third kappa shape index (κ3) is 3.98. The van der Waals surface area contributed by atoms with Crippen LogP contribution in [-0.4, -0.2) is 36.6 Å². The molecule has 0 saturated carbocycles. The lowest BCUT2D eigenvalue weighted by atomic mass is 10.1. The van der Waals surface area contributed by atoms with E-state index < -0.39 is 10.0 Å². The Balaban J connectivity index is 2.16. The summed E-state index contributed by atoms with van der Waals surface area (Å²) in [5, 5.41) is 3.08. The number of nitrogens with zero attached hydrogens (tertiary/aromatic N) is 2. The van der Waals surface area contributed by atoms with Gasteiger partial charge in [0.25, 0.3) is 0 Å². The van der Waals surface area contributed by atoms with E-state index >= 15 is 0 Å². The Morgan fingerprint density at radius 3 is 2.17 bits per heavy atom. The first-order chi connectivity index (χ1) is 11.4. The van der Waals surface area contributed by atoms with Gasteiger partial charge in [0.05, 0.1) is 0 Å². The predicted molar refractivity (Wildman–Crippen MR) is 94.1 cm³/mol. The first kappa shape index (κ1) is 18.1. The van der Waals surface area contributed by atoms with E-state index in [9.17, 15) is 13.2 Å². The van der Waals surface area contributed by atoms with Gasteiger partial charge >= 0.3 is 0 Å². The van der Waals surface area contributed by atoms with Crippen LogP contribution < -0.4 is 5.32 Å². The quantitative estimate of drug-likeness (QED) is 0.779. The molecule has 0 amide bonds. The second-order valence-electron chi connectivity index (χ2n) is 5.23. The number of pyridine rings is 1. The van der Waals surface area contributed by atoms with Gasteiger partial charge < -0.3 is 5.32 Å². The highest BCUT2D eigenvalue weighted by Crippen LogP contribution is 2.19. The number of hydrogen-bond acceptors (Lipinski definition) is 5. The molecule has 0 atom stereocenters. The number of hydrogen-bond donors (Lipinski definition) is 1. The fourth-order valence-corrected chi connectivity index (χ4v) is 3.66. The van der Waals surface area contributed by atoms with E-state index in [1.807, 2.05) is 0 Å². The fraction of sp³-hybridized carbons (Fsp3) is 0.294. The van der Waals surface area contributed by atoms with Gasteiger partial charge in [0.1, 0.15) is 10.7 Å². The molecule has 0 bridgehead atoms. The van der Waals surface area contributed by atoms with Crippen LogP contribution in [0.25, 0.3) is 0 Å². The van der Waals surface area contributed by atoms with Crippen LogP contribution in [0.4, 0.5) is 11.5 Å². The number of benzene rings is 1. The molecule has 0 aliphatic carbocycles. The maximum atomic E-state index is 12.4. The molecule has 0 fully saturated rings. The van der Waals surface area contributed by atoms with Crippen molar-refractivity contribution in [1.82, 2.24) is 9.29 Å². The van der Waals surface area contributed by atoms with Crippen molar-refractivity contribution < 1.29 is 13.2 Å². The molecule has 7 heteroatoms. The van der Waals surface area contributed by atoms with Gasteiger partial charge in [-0.2, -0.15) is 4.31 Å². The Labute approximate surface area is 142 Å². The number of ketones is 1. The third-order valence-electron chi connectivity index (χ3n) is 3.64. The highest BCUT2D eigenvalue weighted by atomic mass is 32.2. The van der Waals surface area contributed by atoms with E-state index in [4.69, 9.17) is 0 Å². The van der Waals surface area contributed by atoms with Crippen molar-refractivity contribution in [3.63, 3.8) is 0 Å². The van der Waals surface area contributed by atoms with Crippen molar-refractivity contribution >= 4 is 27.3 Å². The molecule has 0 radical (unpaired) electrons. The summed E-state index contributed by atoms with van der Waals surface area (Å²) in [6.07, 6.45) is 1.35. The Bertz CT molecular complexity index is 796. The van der Waals surface area contributed by atoms with E-state index in [1.165, 1.54) is 23.5 Å². The molecule has 0 spiro atoms. The van der Waals surface area contributed by atoms with Crippen molar-refractivity contribution in [2.75, 3.05) is 18.4 Å². The van der Waals surface area contributed by atoms with Crippen LogP contribution in [0.1, 0.15) is 31.1 Å². The highest BCUT2D eigenvalue weighted by Gasteiger charge is 2.21. The fourth-order valence-electron chi connectivity index (χ4n) is 2.26. The molecule has 0 saturated heterocycles. The molecule has 1 heterocycles. The molecule has 0 unspecified atom stereocenters. The second kappa shape index (κ2) is 7.55. The zero-order valence-corrected chi connectivity index (χ0v) is 14.8. The zero-order valence-electron chi connectivity index (χ0n) is 14.0. The number of anilines is 2. The van der Waals surface area contributed by atoms with Crippen LogP contribution in [0.3, 0.4) is 0 Å². The largest absolute Gasteiger partial charge is 0.340 e. The van der Waals surface area contributed by atoms with Gasteiger partial charge in [-0.15, -0.1) is 0 Å². The highest BCUT2D eigenvalue weighted by molar-refractivity contribution is 7.89. The summed E-state index contributed by atoms with van der Waals surface area (Å²) in [5.41, 5.74) is 1.40. The van der Waals surface area contributed by atoms with Crippen LogP contribution in [0.15, 0.2) is 47.5 Å². The van der Waals surface area contributed by atoms with E-state index in [2.05, 4.69) is 10.3 Å². The molecule has 0 aliphatic rings. The van der Waals surface area contributed by atoms with Crippen molar-refractivity contribution in [2.45, 2.75) is 25.7 Å². The number of sulfonamides is 1. The summed E-state index contributed by atoms with van der Waals surface area (Å²) < 4.78 is 26.2. The first-order valence-electron chi connectivity index (χ1n) is 7.72. The summed E-state index contributed by atoms with van der Waals surface area (Å²) in [6, 6.07) is 10.2. The number of carbonyl (C=O) groups excluding carboxylic acids is 1. The van der Waals surface area contributed by atoms with Crippen molar-refractivity contribution in [1.29, 1.82) is 0 Å². The number of carbonyl (C=O) groups is 1. The van der Waals surface area contributed by atoms with Gasteiger partial charge in [0, 0.05) is 30.5 Å². The Kier molecular flexibility index (Phi) is 5.69. The lowest BCUT2D eigenvalue weighted by Crippen LogP contribution is -2.30. The molecule has 1 aromatic carbocycles. The monoisotopic (exact) mass is 347 g/mol. The van der Waals surface area contributed by atoms with E-state index in [-0.39, 0.29) is 10.7 Å². The van der Waals surface area contributed by atoms with Crippen molar-refractivity contribution in [3.05, 3.63) is 48.2 Å². The molecule has 2 aromatic rings. The Hall–Kier alpha value is -2.25. The molecule has 128 valence electrons. The molecule has 6 nitrogen and oxygen atoms in total. The van der Waals surface area contributed by atoms with Crippen LogP contribution in [0.5, 0.6) is 0 Å². The van der Waals surface area contributed by atoms with Crippen LogP contribution >= 0.6 is 0 Å². The number of rotatable bonds is 7. The van der Waals surface area contributed by atoms with Gasteiger partial charge in [0.2, 0.25) is 10.0 Å². The third-order valence-corrected chi connectivity index (χ3v) is 5.68. The maximum Gasteiger partial charge on any atom is 0.244 e. The number of Topliss-reactive ketones (excluding diaryl/α,β-unsaturated/α-hetero) is 1. The van der Waals surface area contributed by atoms with Crippen LogP contribution in [0, 0.1) is 0 Å². The van der Waals surface area contributed by atoms with E-state index in [0.717, 1.165) is 5.69 Å². The van der Waals surface area contributed by atoms with Gasteiger partial charge in [-0.25, -0.2) is 13.4 Å². The number of aromatic nitrogens is 1. The topological polar surface area (TPSA) is 79.4 Å². The lowest BCUT2D eigenvalue weighted by Gasteiger charge is -2.18. The average molecular weight is 347 g/mol. The summed E-state index contributed by atoms with van der Waals surface area (Å²) in [7, 11) is -3.50. The molecule has 1 N–H and O–H groups in total. The maximum absolute atomic E-state index is 12.4. The SMILES string of the molecule is CCN(CC)S(=O)(=O)c1ccc(Nc2ccc(C(C)=O)cc2)nc1. The minimum atomic E-state index is -3.50. The normalized spacial score (nSPS) is 11.5. The van der Waals surface area contributed by atoms with E-state index in [1.54, 1.807) is 44.2 Å². The smallest absolute Gasteiger partial charge is 0.244 e. The first-order valence-corrected chi connectivity index (χ1v) is 9.16. The molecule has 0 aliphatic heterocycles. The average Bonchev–Trinajstić information content (AvgIpc) is 2.56. The number of nitrogens with one attached hydrogen (secondary N) is 1. The second-order valence-corrected chi connectivity index (χ2v) is 7.16. The lowest BCUT2D eigenvalue weighted by molar-refractivity contribution is 0.101. The predicted octanol–water partition coefficient (Wildman–Crippen LogP) is 3.06. The van der Waals surface area contributed by atoms with Crippen LogP contribution in [-0.2, 0) is 10.0 Å². The molecular weight excluding hydrogens is 326 g/mol. The van der Waals surface area contributed by atoms with Gasteiger partial charge in [-0.3, -0.25) is 4.79 Å². The van der Waals surface area contributed by atoms with Gasteiger partial charge in [-0.05, 0) is 43.3 Å². The summed E-state index contributed by atoms with van der Waals surface area (Å²) in [4.78, 5) is 15.6. The minimum absolute atomic E-state index is 0.00522. The standard InChI is InChI=1S/C17H21N3O3S/c1-4-20(5-2)24(22,23)16-10-11-17(18-12-16)19-15-8-6-14(7-9-15)13(3)21/h6-12H,4-5H2,1-3H3,(H,18,19). The molecule has 24 heavy (non-hydrogen) atoms.